The van der Waals surface area contributed by atoms with Crippen molar-refractivity contribution in [3.05, 3.63) is 60.7 Å². The van der Waals surface area contributed by atoms with E-state index in [-0.39, 0.29) is 0 Å². The van der Waals surface area contributed by atoms with Crippen molar-refractivity contribution in [1.82, 2.24) is 24.3 Å². The number of aryl methyl sites for hydroxylation is 1. The zero-order valence-electron chi connectivity index (χ0n) is 13.5. The Kier molecular flexibility index (Phi) is 3.62. The topological polar surface area (TPSA) is 106 Å². The summed E-state index contributed by atoms with van der Waals surface area (Å²) in [5.74, 6) is 1.98. The number of nitrogens with two attached hydrogens (primary N) is 1. The summed E-state index contributed by atoms with van der Waals surface area (Å²) >= 11 is 0. The molecule has 0 aliphatic carbocycles. The van der Waals surface area contributed by atoms with Gasteiger partial charge in [-0.3, -0.25) is 0 Å². The monoisotopic (exact) mass is 332 g/mol. The van der Waals surface area contributed by atoms with E-state index in [1.807, 2.05) is 54.0 Å². The van der Waals surface area contributed by atoms with Crippen LogP contribution in [0.1, 0.15) is 5.69 Å². The molecule has 0 saturated carbocycles. The first-order valence-corrected chi connectivity index (χ1v) is 7.71. The molecule has 0 fully saturated rings. The Morgan fingerprint density at radius 2 is 1.88 bits per heavy atom. The van der Waals surface area contributed by atoms with Crippen LogP contribution < -0.4 is 16.4 Å². The Morgan fingerprint density at radius 3 is 2.76 bits per heavy atom. The second-order valence-electron chi connectivity index (χ2n) is 5.52. The Morgan fingerprint density at radius 1 is 0.960 bits per heavy atom. The van der Waals surface area contributed by atoms with Crippen LogP contribution in [0, 0.1) is 6.92 Å². The lowest BCUT2D eigenvalue weighted by atomic mass is 10.3. The van der Waals surface area contributed by atoms with Crippen LogP contribution >= 0.6 is 0 Å². The van der Waals surface area contributed by atoms with E-state index in [1.165, 1.54) is 0 Å². The van der Waals surface area contributed by atoms with E-state index >= 15 is 0 Å². The van der Waals surface area contributed by atoms with Gasteiger partial charge < -0.3 is 20.8 Å². The highest BCUT2D eigenvalue weighted by molar-refractivity contribution is 5.64. The predicted octanol–water partition coefficient (Wildman–Crippen LogP) is 2.90. The number of nitrogens with one attached hydrogen (secondary N) is 2. The average molecular weight is 332 g/mol. The molecule has 4 N–H and O–H groups in total. The van der Waals surface area contributed by atoms with Crippen molar-refractivity contribution in [2.24, 2.45) is 0 Å². The van der Waals surface area contributed by atoms with Gasteiger partial charge in [0.05, 0.1) is 0 Å². The number of nitrogen functional groups attached to an aromatic ring is 1. The van der Waals surface area contributed by atoms with Gasteiger partial charge in [-0.25, -0.2) is 9.97 Å². The van der Waals surface area contributed by atoms with Gasteiger partial charge in [0.25, 0.3) is 0 Å². The van der Waals surface area contributed by atoms with E-state index in [4.69, 9.17) is 5.73 Å². The van der Waals surface area contributed by atoms with E-state index in [2.05, 4.69) is 30.6 Å². The number of hydrogen-bond acceptors (Lipinski definition) is 7. The third-order valence-electron chi connectivity index (χ3n) is 3.54. The molecular weight excluding hydrogens is 316 g/mol. The van der Waals surface area contributed by atoms with Gasteiger partial charge in [-0.15, -0.1) is 0 Å². The quantitative estimate of drug-likeness (QED) is 0.527. The largest absolute Gasteiger partial charge is 0.383 e. The SMILES string of the molecule is Cc1cccc(Nc2nc(N)cc(Nc3ccn4ccnc4c3)n2)n1. The first kappa shape index (κ1) is 14.9. The molecule has 4 heterocycles. The molecule has 124 valence electrons. The van der Waals surface area contributed by atoms with Gasteiger partial charge in [-0.05, 0) is 25.1 Å². The number of anilines is 5. The number of aromatic nitrogens is 5. The van der Waals surface area contributed by atoms with E-state index in [0.717, 1.165) is 17.0 Å². The fourth-order valence-corrected chi connectivity index (χ4v) is 2.45. The van der Waals surface area contributed by atoms with Crippen LogP contribution in [0.4, 0.5) is 29.1 Å². The lowest BCUT2D eigenvalue weighted by molar-refractivity contribution is 1.13. The molecule has 0 aromatic carbocycles. The minimum atomic E-state index is 0.356. The van der Waals surface area contributed by atoms with Crippen LogP contribution in [0.2, 0.25) is 0 Å². The molecule has 8 nitrogen and oxygen atoms in total. The van der Waals surface area contributed by atoms with E-state index in [0.29, 0.717) is 23.4 Å². The van der Waals surface area contributed by atoms with Crippen molar-refractivity contribution in [3.63, 3.8) is 0 Å². The number of hydrogen-bond donors (Lipinski definition) is 3. The summed E-state index contributed by atoms with van der Waals surface area (Å²) in [5.41, 5.74) is 8.51. The van der Waals surface area contributed by atoms with Crippen molar-refractivity contribution in [2.75, 3.05) is 16.4 Å². The lowest BCUT2D eigenvalue weighted by Crippen LogP contribution is -2.05. The maximum atomic E-state index is 5.90. The molecule has 0 saturated heterocycles. The normalized spacial score (nSPS) is 10.8. The standard InChI is InChI=1S/C17H16N8/c1-11-3-2-4-14(20-11)23-17-22-13(18)10-15(24-17)21-12-5-7-25-8-6-19-16(25)9-12/h2-10H,1H3,(H4,18,20,21,22,23,24). The van der Waals surface area contributed by atoms with Crippen LogP contribution in [-0.4, -0.2) is 24.3 Å². The van der Waals surface area contributed by atoms with Gasteiger partial charge >= 0.3 is 0 Å². The molecule has 0 spiro atoms. The van der Waals surface area contributed by atoms with Crippen LogP contribution in [0.25, 0.3) is 5.65 Å². The molecule has 0 aliphatic rings. The van der Waals surface area contributed by atoms with Crippen molar-refractivity contribution in [2.45, 2.75) is 6.92 Å². The third kappa shape index (κ3) is 3.32. The van der Waals surface area contributed by atoms with Gasteiger partial charge in [0.2, 0.25) is 5.95 Å². The first-order valence-electron chi connectivity index (χ1n) is 7.71. The smallest absolute Gasteiger partial charge is 0.232 e. The second kappa shape index (κ2) is 6.08. The summed E-state index contributed by atoms with van der Waals surface area (Å²) < 4.78 is 1.93. The summed E-state index contributed by atoms with van der Waals surface area (Å²) in [6.45, 7) is 1.92. The highest BCUT2D eigenvalue weighted by Gasteiger charge is 2.06. The van der Waals surface area contributed by atoms with Crippen LogP contribution in [-0.2, 0) is 0 Å². The van der Waals surface area contributed by atoms with Crippen LogP contribution in [0.15, 0.2) is 55.0 Å². The van der Waals surface area contributed by atoms with E-state index in [1.54, 1.807) is 12.3 Å². The third-order valence-corrected chi connectivity index (χ3v) is 3.54. The Balaban J connectivity index is 1.60. The molecule has 25 heavy (non-hydrogen) atoms. The zero-order chi connectivity index (χ0) is 17.2. The second-order valence-corrected chi connectivity index (χ2v) is 5.52. The van der Waals surface area contributed by atoms with Crippen molar-refractivity contribution in [3.8, 4) is 0 Å². The number of pyridine rings is 2. The van der Waals surface area contributed by atoms with E-state index in [9.17, 15) is 0 Å². The maximum Gasteiger partial charge on any atom is 0.232 e. The molecule has 4 aromatic rings. The summed E-state index contributed by atoms with van der Waals surface area (Å²) in [7, 11) is 0. The fraction of sp³-hybridized carbons (Fsp3) is 0.0588. The van der Waals surface area contributed by atoms with Gasteiger partial charge in [-0.1, -0.05) is 6.07 Å². The molecule has 0 radical (unpaired) electrons. The summed E-state index contributed by atoms with van der Waals surface area (Å²) in [4.78, 5) is 17.3. The number of fused-ring (bicyclic) bond motifs is 1. The van der Waals surface area contributed by atoms with Crippen LogP contribution in [0.5, 0.6) is 0 Å². The molecule has 4 aromatic heterocycles. The highest BCUT2D eigenvalue weighted by Crippen LogP contribution is 2.20. The minimum absolute atomic E-state index is 0.356. The van der Waals surface area contributed by atoms with Gasteiger partial charge in [0.1, 0.15) is 23.1 Å². The molecule has 0 amide bonds. The highest BCUT2D eigenvalue weighted by atomic mass is 15.2. The zero-order valence-corrected chi connectivity index (χ0v) is 13.5. The minimum Gasteiger partial charge on any atom is -0.383 e. The maximum absolute atomic E-state index is 5.90. The van der Waals surface area contributed by atoms with Crippen LogP contribution in [0.3, 0.4) is 0 Å². The van der Waals surface area contributed by atoms with Crippen molar-refractivity contribution in [1.29, 1.82) is 0 Å². The lowest BCUT2D eigenvalue weighted by Gasteiger charge is -2.10. The molecule has 4 rings (SSSR count). The molecule has 0 atom stereocenters. The fourth-order valence-electron chi connectivity index (χ4n) is 2.45. The predicted molar refractivity (Wildman–Crippen MR) is 97.2 cm³/mol. The molecule has 8 heteroatoms. The van der Waals surface area contributed by atoms with E-state index < -0.39 is 0 Å². The summed E-state index contributed by atoms with van der Waals surface area (Å²) in [5, 5.41) is 6.29. The van der Waals surface area contributed by atoms with Gasteiger partial charge in [0, 0.05) is 42.1 Å². The molecular formula is C17H16N8. The Hall–Kier alpha value is -3.68. The molecule has 0 bridgehead atoms. The summed E-state index contributed by atoms with van der Waals surface area (Å²) in [6, 6.07) is 11.2. The first-order chi connectivity index (χ1) is 12.2. The molecule has 0 aliphatic heterocycles. The van der Waals surface area contributed by atoms with Crippen molar-refractivity contribution < 1.29 is 0 Å². The van der Waals surface area contributed by atoms with Gasteiger partial charge in [0.15, 0.2) is 0 Å². The average Bonchev–Trinajstić information content (AvgIpc) is 3.02. The van der Waals surface area contributed by atoms with Crippen molar-refractivity contribution >= 4 is 34.7 Å². The Labute approximate surface area is 143 Å². The number of imidazole rings is 1. The molecule has 0 unspecified atom stereocenters. The number of nitrogens with zero attached hydrogens (tertiary/aromatic N) is 5. The summed E-state index contributed by atoms with van der Waals surface area (Å²) in [6.07, 6.45) is 5.56. The Bertz CT molecular complexity index is 1040. The van der Waals surface area contributed by atoms with Gasteiger partial charge in [-0.2, -0.15) is 9.97 Å². The number of rotatable bonds is 4.